The highest BCUT2D eigenvalue weighted by Gasteiger charge is 2.26. The minimum atomic E-state index is 0.314. The molecule has 0 saturated carbocycles. The monoisotopic (exact) mass is 272 g/mol. The molecule has 0 amide bonds. The summed E-state index contributed by atoms with van der Waals surface area (Å²) >= 11 is 0. The molecule has 2 aliphatic heterocycles. The van der Waals surface area contributed by atoms with Crippen LogP contribution in [0.3, 0.4) is 0 Å². The Kier molecular flexibility index (Phi) is 3.16. The number of fused-ring (bicyclic) bond motifs is 1. The first kappa shape index (κ1) is 12.3. The molecule has 2 aromatic heterocycles. The van der Waals surface area contributed by atoms with Crippen LogP contribution in [0.5, 0.6) is 0 Å². The largest absolute Gasteiger partial charge is 0.376 e. The zero-order valence-corrected chi connectivity index (χ0v) is 11.6. The van der Waals surface area contributed by atoms with Gasteiger partial charge in [-0.3, -0.25) is 0 Å². The van der Waals surface area contributed by atoms with Crippen LogP contribution < -0.4 is 5.32 Å². The Hall–Kier alpha value is -1.46. The Morgan fingerprint density at radius 2 is 2.35 bits per heavy atom. The maximum Gasteiger partial charge on any atom is 0.160 e. The van der Waals surface area contributed by atoms with Gasteiger partial charge in [-0.05, 0) is 44.4 Å². The van der Waals surface area contributed by atoms with Crippen LogP contribution in [0.4, 0.5) is 0 Å². The molecule has 2 aromatic rings. The van der Waals surface area contributed by atoms with Gasteiger partial charge >= 0.3 is 0 Å². The lowest BCUT2D eigenvalue weighted by Gasteiger charge is -2.16. The molecule has 2 unspecified atom stereocenters. The fraction of sp³-hybridized carbons (Fsp3) is 0.600. The molecule has 1 N–H and O–H groups in total. The average Bonchev–Trinajstić information content (AvgIpc) is 3.19. The average molecular weight is 272 g/mol. The second-order valence-electron chi connectivity index (χ2n) is 5.71. The Morgan fingerprint density at radius 3 is 3.15 bits per heavy atom. The topological polar surface area (TPSA) is 52.0 Å². The molecule has 106 valence electrons. The van der Waals surface area contributed by atoms with E-state index in [0.29, 0.717) is 12.1 Å². The van der Waals surface area contributed by atoms with Gasteiger partial charge < -0.3 is 14.6 Å². The van der Waals surface area contributed by atoms with E-state index in [1.807, 2.05) is 18.3 Å². The Morgan fingerprint density at radius 1 is 1.35 bits per heavy atom. The van der Waals surface area contributed by atoms with E-state index in [2.05, 4.69) is 14.9 Å². The van der Waals surface area contributed by atoms with Crippen LogP contribution in [-0.2, 0) is 11.3 Å². The van der Waals surface area contributed by atoms with E-state index >= 15 is 0 Å². The number of imidazole rings is 1. The van der Waals surface area contributed by atoms with Crippen molar-refractivity contribution in [3.05, 3.63) is 24.2 Å². The molecule has 4 heterocycles. The highest BCUT2D eigenvalue weighted by molar-refractivity contribution is 5.71. The van der Waals surface area contributed by atoms with Crippen molar-refractivity contribution in [1.82, 2.24) is 19.9 Å². The molecular weight excluding hydrogens is 252 g/mol. The molecule has 0 aliphatic carbocycles. The van der Waals surface area contributed by atoms with Gasteiger partial charge in [0.25, 0.3) is 0 Å². The fourth-order valence-corrected chi connectivity index (χ4v) is 3.32. The summed E-state index contributed by atoms with van der Waals surface area (Å²) in [6, 6.07) is 4.37. The summed E-state index contributed by atoms with van der Waals surface area (Å²) < 4.78 is 8.07. The molecule has 2 saturated heterocycles. The van der Waals surface area contributed by atoms with Crippen LogP contribution in [0.15, 0.2) is 18.3 Å². The van der Waals surface area contributed by atoms with Crippen molar-refractivity contribution in [3.63, 3.8) is 0 Å². The number of pyridine rings is 1. The molecule has 5 heteroatoms. The third-order valence-corrected chi connectivity index (χ3v) is 4.32. The molecule has 0 spiro atoms. The van der Waals surface area contributed by atoms with Crippen molar-refractivity contribution in [1.29, 1.82) is 0 Å². The van der Waals surface area contributed by atoms with Crippen molar-refractivity contribution in [2.45, 2.75) is 44.4 Å². The minimum absolute atomic E-state index is 0.314. The van der Waals surface area contributed by atoms with E-state index in [0.717, 1.165) is 49.5 Å². The summed E-state index contributed by atoms with van der Waals surface area (Å²) in [5, 5.41) is 3.55. The van der Waals surface area contributed by atoms with E-state index in [1.165, 1.54) is 12.8 Å². The predicted molar refractivity (Wildman–Crippen MR) is 76.5 cm³/mol. The second kappa shape index (κ2) is 5.14. The smallest absolute Gasteiger partial charge is 0.160 e. The van der Waals surface area contributed by atoms with Crippen molar-refractivity contribution < 1.29 is 4.74 Å². The van der Waals surface area contributed by atoms with Gasteiger partial charge in [0, 0.05) is 12.8 Å². The van der Waals surface area contributed by atoms with Crippen LogP contribution in [0, 0.1) is 0 Å². The first-order valence-electron chi connectivity index (χ1n) is 7.58. The SMILES string of the molecule is c1cnc2c(c1)nc(C1CCCN1)n2CC1CCCO1. The van der Waals surface area contributed by atoms with Crippen LogP contribution >= 0.6 is 0 Å². The quantitative estimate of drug-likeness (QED) is 0.929. The van der Waals surface area contributed by atoms with E-state index in [-0.39, 0.29) is 0 Å². The zero-order chi connectivity index (χ0) is 13.4. The van der Waals surface area contributed by atoms with Crippen LogP contribution in [0.1, 0.15) is 37.5 Å². The van der Waals surface area contributed by atoms with Gasteiger partial charge in [0.1, 0.15) is 11.3 Å². The van der Waals surface area contributed by atoms with Gasteiger partial charge in [-0.2, -0.15) is 0 Å². The van der Waals surface area contributed by atoms with Gasteiger partial charge in [0.05, 0.1) is 18.7 Å². The maximum atomic E-state index is 5.80. The molecule has 2 fully saturated rings. The number of rotatable bonds is 3. The number of aromatic nitrogens is 3. The standard InChI is InChI=1S/C15H20N4O/c1-5-12(16-7-1)15-18-13-6-2-8-17-14(13)19(15)10-11-4-3-9-20-11/h2,6,8,11-12,16H,1,3-5,7,9-10H2. The Labute approximate surface area is 118 Å². The Balaban J connectivity index is 1.75. The summed E-state index contributed by atoms with van der Waals surface area (Å²) in [6.07, 6.45) is 6.86. The summed E-state index contributed by atoms with van der Waals surface area (Å²) in [5.41, 5.74) is 1.99. The van der Waals surface area contributed by atoms with E-state index in [9.17, 15) is 0 Å². The molecule has 4 rings (SSSR count). The molecule has 5 nitrogen and oxygen atoms in total. The minimum Gasteiger partial charge on any atom is -0.376 e. The molecular formula is C15H20N4O. The molecule has 0 bridgehead atoms. The first-order valence-corrected chi connectivity index (χ1v) is 7.58. The van der Waals surface area contributed by atoms with Gasteiger partial charge in [-0.1, -0.05) is 0 Å². The third-order valence-electron chi connectivity index (χ3n) is 4.32. The highest BCUT2D eigenvalue weighted by Crippen LogP contribution is 2.27. The number of hydrogen-bond donors (Lipinski definition) is 1. The third kappa shape index (κ3) is 2.11. The summed E-state index contributed by atoms with van der Waals surface area (Å²) in [4.78, 5) is 9.35. The zero-order valence-electron chi connectivity index (χ0n) is 11.6. The molecule has 20 heavy (non-hydrogen) atoms. The van der Waals surface area contributed by atoms with Crippen molar-refractivity contribution in [3.8, 4) is 0 Å². The van der Waals surface area contributed by atoms with Gasteiger partial charge in [-0.15, -0.1) is 0 Å². The van der Waals surface area contributed by atoms with Crippen LogP contribution in [0.2, 0.25) is 0 Å². The van der Waals surface area contributed by atoms with Gasteiger partial charge in [0.2, 0.25) is 0 Å². The lowest BCUT2D eigenvalue weighted by Crippen LogP contribution is -2.22. The highest BCUT2D eigenvalue weighted by atomic mass is 16.5. The van der Waals surface area contributed by atoms with Gasteiger partial charge in [-0.25, -0.2) is 9.97 Å². The van der Waals surface area contributed by atoms with Gasteiger partial charge in [0.15, 0.2) is 5.65 Å². The first-order chi connectivity index (χ1) is 9.92. The fourth-order valence-electron chi connectivity index (χ4n) is 3.32. The van der Waals surface area contributed by atoms with Crippen molar-refractivity contribution in [2.24, 2.45) is 0 Å². The van der Waals surface area contributed by atoms with E-state index in [4.69, 9.17) is 9.72 Å². The molecule has 0 radical (unpaired) electrons. The summed E-state index contributed by atoms with van der Waals surface area (Å²) in [7, 11) is 0. The molecule has 2 atom stereocenters. The summed E-state index contributed by atoms with van der Waals surface area (Å²) in [6.45, 7) is 2.85. The number of nitrogens with zero attached hydrogens (tertiary/aromatic N) is 3. The number of ether oxygens (including phenoxy) is 1. The Bertz CT molecular complexity index is 597. The normalized spacial score (nSPS) is 26.6. The second-order valence-corrected chi connectivity index (χ2v) is 5.71. The maximum absolute atomic E-state index is 5.80. The lowest BCUT2D eigenvalue weighted by molar-refractivity contribution is 0.0967. The number of nitrogens with one attached hydrogen (secondary N) is 1. The van der Waals surface area contributed by atoms with E-state index in [1.54, 1.807) is 0 Å². The van der Waals surface area contributed by atoms with Crippen LogP contribution in [-0.4, -0.2) is 33.8 Å². The molecule has 2 aliphatic rings. The molecule has 0 aromatic carbocycles. The number of hydrogen-bond acceptors (Lipinski definition) is 4. The van der Waals surface area contributed by atoms with Crippen molar-refractivity contribution >= 4 is 11.2 Å². The predicted octanol–water partition coefficient (Wildman–Crippen LogP) is 2.03. The summed E-state index contributed by atoms with van der Waals surface area (Å²) in [5.74, 6) is 1.13. The van der Waals surface area contributed by atoms with Crippen LogP contribution in [0.25, 0.3) is 11.2 Å². The lowest BCUT2D eigenvalue weighted by atomic mass is 10.2. The van der Waals surface area contributed by atoms with Crippen molar-refractivity contribution in [2.75, 3.05) is 13.2 Å². The van der Waals surface area contributed by atoms with E-state index < -0.39 is 0 Å².